The van der Waals surface area contributed by atoms with Crippen LogP contribution in [0.25, 0.3) is 0 Å². The van der Waals surface area contributed by atoms with E-state index in [1.807, 2.05) is 6.92 Å². The van der Waals surface area contributed by atoms with E-state index >= 15 is 0 Å². The third-order valence-corrected chi connectivity index (χ3v) is 2.75. The van der Waals surface area contributed by atoms with Crippen molar-refractivity contribution >= 4 is 28.3 Å². The van der Waals surface area contributed by atoms with Crippen LogP contribution in [0.2, 0.25) is 0 Å². The molecule has 0 amide bonds. The Bertz CT molecular complexity index is 368. The monoisotopic (exact) mass is 259 g/mol. The van der Waals surface area contributed by atoms with Crippen LogP contribution in [0.3, 0.4) is 0 Å². The molecule has 0 radical (unpaired) electrons. The number of rotatable bonds is 7. The number of ether oxygens (including phenoxy) is 2. The molecule has 0 unspecified atom stereocenters. The molecule has 1 aromatic rings. The first kappa shape index (κ1) is 13.7. The second kappa shape index (κ2) is 7.08. The summed E-state index contributed by atoms with van der Waals surface area (Å²) in [6.45, 7) is 5.81. The highest BCUT2D eigenvalue weighted by Gasteiger charge is 2.19. The summed E-state index contributed by atoms with van der Waals surface area (Å²) >= 11 is 1.15. The Morgan fingerprint density at radius 2 is 2.24 bits per heavy atom. The molecule has 0 bridgehead atoms. The zero-order valence-corrected chi connectivity index (χ0v) is 10.8. The van der Waals surface area contributed by atoms with Crippen LogP contribution in [0.15, 0.2) is 0 Å². The molecule has 0 aliphatic rings. The van der Waals surface area contributed by atoms with Crippen molar-refractivity contribution in [3.63, 3.8) is 0 Å². The molecule has 0 spiro atoms. The number of carbonyl (C=O) groups excluding carboxylic acids is 1. The second-order valence-electron chi connectivity index (χ2n) is 3.12. The van der Waals surface area contributed by atoms with E-state index in [2.05, 4.69) is 9.69 Å². The van der Waals surface area contributed by atoms with Crippen LogP contribution in [0.5, 0.6) is 0 Å². The molecule has 1 heterocycles. The van der Waals surface area contributed by atoms with Gasteiger partial charge < -0.3 is 20.5 Å². The molecule has 0 saturated heterocycles. The number of esters is 1. The van der Waals surface area contributed by atoms with Gasteiger partial charge in [-0.15, -0.1) is 0 Å². The van der Waals surface area contributed by atoms with E-state index in [1.54, 1.807) is 6.92 Å². The maximum atomic E-state index is 11.6. The van der Waals surface area contributed by atoms with E-state index in [0.29, 0.717) is 36.9 Å². The normalized spacial score (nSPS) is 10.2. The van der Waals surface area contributed by atoms with Crippen molar-refractivity contribution in [1.82, 2.24) is 4.37 Å². The van der Waals surface area contributed by atoms with Crippen molar-refractivity contribution < 1.29 is 14.3 Å². The number of hydrogen-bond donors (Lipinski definition) is 2. The first-order chi connectivity index (χ1) is 8.20. The van der Waals surface area contributed by atoms with Crippen LogP contribution in [0, 0.1) is 0 Å². The summed E-state index contributed by atoms with van der Waals surface area (Å²) in [7, 11) is 0. The van der Waals surface area contributed by atoms with Gasteiger partial charge in [-0.2, -0.15) is 4.37 Å². The van der Waals surface area contributed by atoms with Gasteiger partial charge in [0.25, 0.3) is 0 Å². The Morgan fingerprint density at radius 1 is 1.47 bits per heavy atom. The van der Waals surface area contributed by atoms with E-state index in [4.69, 9.17) is 15.2 Å². The number of nitrogens with zero attached hydrogens (tertiary/aromatic N) is 1. The average molecular weight is 259 g/mol. The molecule has 0 aliphatic carbocycles. The van der Waals surface area contributed by atoms with Gasteiger partial charge in [0.15, 0.2) is 5.82 Å². The fourth-order valence-corrected chi connectivity index (χ4v) is 1.93. The predicted molar refractivity (Wildman–Crippen MR) is 67.5 cm³/mol. The third kappa shape index (κ3) is 3.86. The lowest BCUT2D eigenvalue weighted by Crippen LogP contribution is -2.13. The minimum Gasteiger partial charge on any atom is -0.462 e. The van der Waals surface area contributed by atoms with Crippen molar-refractivity contribution in [3.8, 4) is 0 Å². The van der Waals surface area contributed by atoms with Crippen LogP contribution < -0.4 is 11.1 Å². The maximum absolute atomic E-state index is 11.6. The van der Waals surface area contributed by atoms with Gasteiger partial charge in [0.2, 0.25) is 0 Å². The number of nitrogens with two attached hydrogens (primary N) is 1. The lowest BCUT2D eigenvalue weighted by Gasteiger charge is -2.06. The summed E-state index contributed by atoms with van der Waals surface area (Å²) < 4.78 is 14.0. The van der Waals surface area contributed by atoms with E-state index in [-0.39, 0.29) is 5.82 Å². The highest BCUT2D eigenvalue weighted by Crippen LogP contribution is 2.27. The SMILES string of the molecule is CCOCCNc1snc(N)c1C(=O)OCC. The first-order valence-corrected chi connectivity index (χ1v) is 6.21. The summed E-state index contributed by atoms with van der Waals surface area (Å²) in [5.41, 5.74) is 5.94. The Labute approximate surface area is 104 Å². The lowest BCUT2D eigenvalue weighted by molar-refractivity contribution is 0.0529. The van der Waals surface area contributed by atoms with Gasteiger partial charge in [-0.3, -0.25) is 0 Å². The van der Waals surface area contributed by atoms with Crippen LogP contribution in [-0.2, 0) is 9.47 Å². The summed E-state index contributed by atoms with van der Waals surface area (Å²) in [6, 6.07) is 0. The van der Waals surface area contributed by atoms with Crippen LogP contribution in [-0.4, -0.2) is 36.7 Å². The molecular weight excluding hydrogens is 242 g/mol. The smallest absolute Gasteiger partial charge is 0.344 e. The van der Waals surface area contributed by atoms with Crippen LogP contribution in [0.1, 0.15) is 24.2 Å². The van der Waals surface area contributed by atoms with Crippen molar-refractivity contribution in [3.05, 3.63) is 5.56 Å². The third-order valence-electron chi connectivity index (χ3n) is 1.93. The number of nitrogen functional groups attached to an aromatic ring is 1. The minimum absolute atomic E-state index is 0.201. The second-order valence-corrected chi connectivity index (χ2v) is 3.89. The van der Waals surface area contributed by atoms with Gasteiger partial charge in [0, 0.05) is 13.2 Å². The summed E-state index contributed by atoms with van der Waals surface area (Å²) in [5, 5.41) is 3.68. The standard InChI is InChI=1S/C10H17N3O3S/c1-3-15-6-5-12-9-7(8(11)13-17-9)10(14)16-4-2/h12H,3-6H2,1-2H3,(H2,11,13). The Morgan fingerprint density at radius 3 is 2.88 bits per heavy atom. The number of carbonyl (C=O) groups is 1. The van der Waals surface area contributed by atoms with Gasteiger partial charge in [0.05, 0.1) is 13.2 Å². The van der Waals surface area contributed by atoms with E-state index < -0.39 is 5.97 Å². The van der Waals surface area contributed by atoms with Crippen molar-refractivity contribution in [2.45, 2.75) is 13.8 Å². The van der Waals surface area contributed by atoms with Gasteiger partial charge in [-0.25, -0.2) is 4.79 Å². The van der Waals surface area contributed by atoms with Crippen molar-refractivity contribution in [1.29, 1.82) is 0 Å². The number of nitrogens with one attached hydrogen (secondary N) is 1. The molecule has 0 aromatic carbocycles. The number of aromatic nitrogens is 1. The summed E-state index contributed by atoms with van der Waals surface area (Å²) in [4.78, 5) is 11.6. The Kier molecular flexibility index (Phi) is 5.71. The van der Waals surface area contributed by atoms with Crippen molar-refractivity contribution in [2.24, 2.45) is 0 Å². The molecule has 0 fully saturated rings. The van der Waals surface area contributed by atoms with Gasteiger partial charge >= 0.3 is 5.97 Å². The van der Waals surface area contributed by atoms with Gasteiger partial charge in [-0.05, 0) is 25.4 Å². The lowest BCUT2D eigenvalue weighted by atomic mass is 10.3. The summed E-state index contributed by atoms with van der Waals surface area (Å²) in [5.74, 6) is -0.245. The molecule has 1 aromatic heterocycles. The molecule has 0 saturated carbocycles. The molecule has 17 heavy (non-hydrogen) atoms. The molecule has 6 nitrogen and oxygen atoms in total. The van der Waals surface area contributed by atoms with Crippen molar-refractivity contribution in [2.75, 3.05) is 37.4 Å². The zero-order valence-electron chi connectivity index (χ0n) is 9.99. The number of anilines is 2. The quantitative estimate of drug-likeness (QED) is 0.568. The van der Waals surface area contributed by atoms with E-state index in [1.165, 1.54) is 0 Å². The van der Waals surface area contributed by atoms with E-state index in [0.717, 1.165) is 11.5 Å². The molecule has 3 N–H and O–H groups in total. The fraction of sp³-hybridized carbons (Fsp3) is 0.600. The minimum atomic E-state index is -0.447. The molecule has 7 heteroatoms. The highest BCUT2D eigenvalue weighted by atomic mass is 32.1. The predicted octanol–water partition coefficient (Wildman–Crippen LogP) is 1.35. The highest BCUT2D eigenvalue weighted by molar-refractivity contribution is 7.11. The summed E-state index contributed by atoms with van der Waals surface area (Å²) in [6.07, 6.45) is 0. The first-order valence-electron chi connectivity index (χ1n) is 5.44. The van der Waals surface area contributed by atoms with Gasteiger partial charge in [-0.1, -0.05) is 0 Å². The topological polar surface area (TPSA) is 86.5 Å². The van der Waals surface area contributed by atoms with Crippen LogP contribution in [0.4, 0.5) is 10.8 Å². The maximum Gasteiger partial charge on any atom is 0.344 e. The van der Waals surface area contributed by atoms with E-state index in [9.17, 15) is 4.79 Å². The molecule has 0 atom stereocenters. The fourth-order valence-electron chi connectivity index (χ4n) is 1.20. The molecule has 0 aliphatic heterocycles. The molecular formula is C10H17N3O3S. The molecule has 1 rings (SSSR count). The van der Waals surface area contributed by atoms with Crippen LogP contribution >= 0.6 is 11.5 Å². The Hall–Kier alpha value is -1.34. The largest absolute Gasteiger partial charge is 0.462 e. The molecule has 96 valence electrons. The average Bonchev–Trinajstić information content (AvgIpc) is 2.66. The number of hydrogen-bond acceptors (Lipinski definition) is 7. The van der Waals surface area contributed by atoms with Gasteiger partial charge in [0.1, 0.15) is 10.6 Å². The zero-order chi connectivity index (χ0) is 12.7. The Balaban J connectivity index is 2.62.